The fourth-order valence-electron chi connectivity index (χ4n) is 4.02. The Morgan fingerprint density at radius 2 is 1.76 bits per heavy atom. The van der Waals surface area contributed by atoms with Crippen LogP contribution in [0.15, 0.2) is 11.6 Å². The van der Waals surface area contributed by atoms with Crippen molar-refractivity contribution < 1.29 is 0 Å². The van der Waals surface area contributed by atoms with Gasteiger partial charge in [-0.25, -0.2) is 0 Å². The Hall–Kier alpha value is -0.340. The second-order valence-electron chi connectivity index (χ2n) is 7.44. The Morgan fingerprint density at radius 1 is 1.10 bits per heavy atom. The highest BCUT2D eigenvalue weighted by Gasteiger charge is 2.26. The molecule has 2 rings (SSSR count). The minimum Gasteiger partial charge on any atom is -0.311 e. The van der Waals surface area contributed by atoms with Crippen LogP contribution in [0.2, 0.25) is 0 Å². The van der Waals surface area contributed by atoms with E-state index >= 15 is 0 Å². The standard InChI is InChI=1S/C19H36N2/c1-4-19(17-8-6-5-7-9-17)20-18-11-14-21(15-12-18)13-10-16(2)3/h10,17-20H,4-9,11-15H2,1-3H3. The van der Waals surface area contributed by atoms with E-state index < -0.39 is 0 Å². The number of nitrogens with zero attached hydrogens (tertiary/aromatic N) is 1. The third-order valence-corrected chi connectivity index (χ3v) is 5.45. The van der Waals surface area contributed by atoms with Gasteiger partial charge in [0.2, 0.25) is 0 Å². The molecule has 2 heteroatoms. The highest BCUT2D eigenvalue weighted by atomic mass is 15.1. The molecule has 0 aromatic rings. The summed E-state index contributed by atoms with van der Waals surface area (Å²) in [6.07, 6.45) is 13.7. The molecular weight excluding hydrogens is 256 g/mol. The maximum Gasteiger partial charge on any atom is 0.0165 e. The molecule has 2 fully saturated rings. The van der Waals surface area contributed by atoms with Gasteiger partial charge in [-0.1, -0.05) is 37.8 Å². The van der Waals surface area contributed by atoms with Gasteiger partial charge < -0.3 is 5.32 Å². The van der Waals surface area contributed by atoms with E-state index in [2.05, 4.69) is 37.1 Å². The Kier molecular flexibility index (Phi) is 7.25. The SMILES string of the molecule is CCC(NC1CCN(CC=C(C)C)CC1)C1CCCCC1. The number of hydrogen-bond acceptors (Lipinski definition) is 2. The molecule has 2 aliphatic rings. The van der Waals surface area contributed by atoms with Crippen LogP contribution >= 0.6 is 0 Å². The fourth-order valence-corrected chi connectivity index (χ4v) is 4.02. The molecule has 1 saturated heterocycles. The molecule has 1 aliphatic heterocycles. The van der Waals surface area contributed by atoms with Crippen molar-refractivity contribution in [2.75, 3.05) is 19.6 Å². The summed E-state index contributed by atoms with van der Waals surface area (Å²) in [4.78, 5) is 2.60. The van der Waals surface area contributed by atoms with Crippen molar-refractivity contribution in [3.05, 3.63) is 11.6 Å². The number of nitrogens with one attached hydrogen (secondary N) is 1. The predicted molar refractivity (Wildman–Crippen MR) is 92.7 cm³/mol. The van der Waals surface area contributed by atoms with Crippen molar-refractivity contribution in [1.82, 2.24) is 10.2 Å². The molecule has 1 saturated carbocycles. The van der Waals surface area contributed by atoms with Gasteiger partial charge in [0, 0.05) is 18.6 Å². The minimum absolute atomic E-state index is 0.764. The first-order chi connectivity index (χ1) is 10.2. The summed E-state index contributed by atoms with van der Waals surface area (Å²) in [7, 11) is 0. The third kappa shape index (κ3) is 5.75. The molecule has 1 N–H and O–H groups in total. The maximum atomic E-state index is 4.02. The number of piperidine rings is 1. The third-order valence-electron chi connectivity index (χ3n) is 5.45. The molecule has 0 bridgehead atoms. The van der Waals surface area contributed by atoms with Gasteiger partial charge >= 0.3 is 0 Å². The summed E-state index contributed by atoms with van der Waals surface area (Å²) in [5.41, 5.74) is 1.44. The normalized spacial score (nSPS) is 24.0. The molecule has 0 amide bonds. The van der Waals surface area contributed by atoms with Gasteiger partial charge in [-0.2, -0.15) is 0 Å². The average Bonchev–Trinajstić information content (AvgIpc) is 2.52. The van der Waals surface area contributed by atoms with Gasteiger partial charge in [-0.05, 0) is 65.0 Å². The van der Waals surface area contributed by atoms with E-state index in [1.165, 1.54) is 70.0 Å². The lowest BCUT2D eigenvalue weighted by Gasteiger charge is -2.37. The van der Waals surface area contributed by atoms with Gasteiger partial charge in [0.15, 0.2) is 0 Å². The molecule has 0 aromatic heterocycles. The van der Waals surface area contributed by atoms with Crippen LogP contribution in [-0.4, -0.2) is 36.6 Å². The van der Waals surface area contributed by atoms with Gasteiger partial charge in [-0.3, -0.25) is 4.90 Å². The molecule has 1 heterocycles. The fraction of sp³-hybridized carbons (Fsp3) is 0.895. The van der Waals surface area contributed by atoms with Crippen LogP contribution in [0.1, 0.15) is 72.1 Å². The Balaban J connectivity index is 1.72. The molecule has 0 radical (unpaired) electrons. The summed E-state index contributed by atoms with van der Waals surface area (Å²) >= 11 is 0. The highest BCUT2D eigenvalue weighted by Crippen LogP contribution is 2.28. The molecule has 1 aliphatic carbocycles. The van der Waals surface area contributed by atoms with Crippen molar-refractivity contribution in [3.8, 4) is 0 Å². The van der Waals surface area contributed by atoms with Gasteiger partial charge in [0.05, 0.1) is 0 Å². The van der Waals surface area contributed by atoms with E-state index in [-0.39, 0.29) is 0 Å². The van der Waals surface area contributed by atoms with Crippen LogP contribution in [0.3, 0.4) is 0 Å². The zero-order chi connectivity index (χ0) is 15.1. The average molecular weight is 293 g/mol. The van der Waals surface area contributed by atoms with Gasteiger partial charge in [-0.15, -0.1) is 0 Å². The summed E-state index contributed by atoms with van der Waals surface area (Å²) in [5, 5.41) is 4.02. The van der Waals surface area contributed by atoms with E-state index in [1.54, 1.807) is 0 Å². The molecule has 1 atom stereocenters. The molecule has 2 nitrogen and oxygen atoms in total. The van der Waals surface area contributed by atoms with Crippen molar-refractivity contribution in [1.29, 1.82) is 0 Å². The zero-order valence-corrected chi connectivity index (χ0v) is 14.5. The van der Waals surface area contributed by atoms with Crippen molar-refractivity contribution >= 4 is 0 Å². The minimum atomic E-state index is 0.764. The summed E-state index contributed by atoms with van der Waals surface area (Å²) < 4.78 is 0. The lowest BCUT2D eigenvalue weighted by atomic mass is 9.82. The largest absolute Gasteiger partial charge is 0.311 e. The lowest BCUT2D eigenvalue weighted by molar-refractivity contribution is 0.180. The summed E-state index contributed by atoms with van der Waals surface area (Å²) in [6, 6.07) is 1.54. The smallest absolute Gasteiger partial charge is 0.0165 e. The Labute approximate surface area is 132 Å². The maximum absolute atomic E-state index is 4.02. The van der Waals surface area contributed by atoms with Crippen LogP contribution in [0.25, 0.3) is 0 Å². The molecular formula is C19H36N2. The molecule has 0 aromatic carbocycles. The quantitative estimate of drug-likeness (QED) is 0.732. The van der Waals surface area contributed by atoms with Crippen molar-refractivity contribution in [2.24, 2.45) is 5.92 Å². The number of rotatable bonds is 6. The number of hydrogen-bond donors (Lipinski definition) is 1. The van der Waals surface area contributed by atoms with E-state index in [4.69, 9.17) is 0 Å². The second kappa shape index (κ2) is 8.95. The van der Waals surface area contributed by atoms with Crippen molar-refractivity contribution in [2.45, 2.75) is 84.2 Å². The topological polar surface area (TPSA) is 15.3 Å². The van der Waals surface area contributed by atoms with Gasteiger partial charge in [0.25, 0.3) is 0 Å². The monoisotopic (exact) mass is 292 g/mol. The first-order valence-corrected chi connectivity index (χ1v) is 9.30. The van der Waals surface area contributed by atoms with Crippen LogP contribution in [-0.2, 0) is 0 Å². The number of likely N-dealkylation sites (tertiary alicyclic amines) is 1. The second-order valence-corrected chi connectivity index (χ2v) is 7.44. The predicted octanol–water partition coefficient (Wildman–Crippen LogP) is 4.37. The van der Waals surface area contributed by atoms with E-state index in [0.29, 0.717) is 0 Å². The lowest BCUT2D eigenvalue weighted by Crippen LogP contribution is -2.48. The first-order valence-electron chi connectivity index (χ1n) is 9.30. The summed E-state index contributed by atoms with van der Waals surface area (Å²) in [5.74, 6) is 0.951. The number of allylic oxidation sites excluding steroid dienone is 1. The Morgan fingerprint density at radius 3 is 2.33 bits per heavy atom. The summed E-state index contributed by atoms with van der Waals surface area (Å²) in [6.45, 7) is 10.4. The van der Waals surface area contributed by atoms with Crippen molar-refractivity contribution in [3.63, 3.8) is 0 Å². The van der Waals surface area contributed by atoms with Gasteiger partial charge in [0.1, 0.15) is 0 Å². The molecule has 122 valence electrons. The highest BCUT2D eigenvalue weighted by molar-refractivity contribution is 4.96. The Bertz CT molecular complexity index is 306. The zero-order valence-electron chi connectivity index (χ0n) is 14.5. The van der Waals surface area contributed by atoms with E-state index in [1.807, 2.05) is 0 Å². The van der Waals surface area contributed by atoms with E-state index in [9.17, 15) is 0 Å². The van der Waals surface area contributed by atoms with Crippen LogP contribution in [0, 0.1) is 5.92 Å². The van der Waals surface area contributed by atoms with E-state index in [0.717, 1.165) is 24.5 Å². The molecule has 1 unspecified atom stereocenters. The molecule has 0 spiro atoms. The molecule has 21 heavy (non-hydrogen) atoms. The van der Waals surface area contributed by atoms with Crippen LogP contribution < -0.4 is 5.32 Å². The first kappa shape index (κ1) is 17.0. The van der Waals surface area contributed by atoms with Crippen LogP contribution in [0.4, 0.5) is 0 Å². The van der Waals surface area contributed by atoms with Crippen LogP contribution in [0.5, 0.6) is 0 Å².